The first-order chi connectivity index (χ1) is 18.8. The van der Waals surface area contributed by atoms with Crippen LogP contribution in [0.5, 0.6) is 5.75 Å². The summed E-state index contributed by atoms with van der Waals surface area (Å²) in [4.78, 5) is 55.3. The number of hydrogen-bond acceptors (Lipinski definition) is 9. The van der Waals surface area contributed by atoms with Crippen LogP contribution in [0.25, 0.3) is 0 Å². The van der Waals surface area contributed by atoms with Crippen LogP contribution in [0.3, 0.4) is 0 Å². The van der Waals surface area contributed by atoms with Gasteiger partial charge in [-0.1, -0.05) is 0 Å². The highest BCUT2D eigenvalue weighted by Crippen LogP contribution is 2.54. The van der Waals surface area contributed by atoms with Gasteiger partial charge in [0.05, 0.1) is 23.8 Å². The highest BCUT2D eigenvalue weighted by molar-refractivity contribution is 6.22. The number of nitrogens with one attached hydrogen (secondary N) is 1. The first-order valence-electron chi connectivity index (χ1n) is 13.3. The zero-order chi connectivity index (χ0) is 29.3. The lowest BCUT2D eigenvalue weighted by Gasteiger charge is -2.51. The van der Waals surface area contributed by atoms with Crippen LogP contribution < -0.4 is 11.1 Å². The highest BCUT2D eigenvalue weighted by atomic mass is 19.1. The van der Waals surface area contributed by atoms with Crippen LogP contribution in [0.2, 0.25) is 0 Å². The van der Waals surface area contributed by atoms with Crippen LogP contribution >= 0.6 is 0 Å². The Kier molecular flexibility index (Phi) is 6.84. The standard InChI is InChI=1S/C28H33FN4O7/c1-12-19-13(9-15-22(32(2)3)25(37)21(27(30)39)26(38)28(12,15)40)8-14-16(29)10-17(23(35)20(14)24(19)36)31-18(34)11-33-6-4-5-7-33/h10,13,15,22,35,38,40H,4-9,11H2,1-3H3,(H2,30,39)(H,31,34)/t13-,15-,22-,28+/m0/s1. The SMILES string of the molecule is CC1=C2C(=O)c3c(O)c(NC(=O)CN4CCCC4)cc(F)c3C[C@H]2C[C@H]2[C@H](N(C)C)C(=O)C(C(N)=O)=C(O)[C@@]12O. The number of benzene rings is 1. The summed E-state index contributed by atoms with van der Waals surface area (Å²) in [6, 6.07) is -0.0623. The van der Waals surface area contributed by atoms with Crippen molar-refractivity contribution in [3.8, 4) is 5.75 Å². The normalized spacial score (nSPS) is 28.5. The van der Waals surface area contributed by atoms with Gasteiger partial charge in [-0.15, -0.1) is 0 Å². The van der Waals surface area contributed by atoms with Gasteiger partial charge in [-0.25, -0.2) is 4.39 Å². The van der Waals surface area contributed by atoms with E-state index in [4.69, 9.17) is 5.73 Å². The van der Waals surface area contributed by atoms with E-state index >= 15 is 4.39 Å². The maximum Gasteiger partial charge on any atom is 0.255 e. The zero-order valence-electron chi connectivity index (χ0n) is 22.6. The van der Waals surface area contributed by atoms with Crippen LogP contribution in [-0.2, 0) is 20.8 Å². The molecule has 1 aliphatic heterocycles. The van der Waals surface area contributed by atoms with Crippen molar-refractivity contribution < 1.29 is 38.9 Å². The van der Waals surface area contributed by atoms with E-state index in [2.05, 4.69) is 5.32 Å². The summed E-state index contributed by atoms with van der Waals surface area (Å²) >= 11 is 0. The van der Waals surface area contributed by atoms with Crippen molar-refractivity contribution in [2.45, 2.75) is 44.2 Å². The van der Waals surface area contributed by atoms with Crippen LogP contribution in [0, 0.1) is 17.7 Å². The number of allylic oxidation sites excluding steroid dienone is 1. The molecule has 40 heavy (non-hydrogen) atoms. The third kappa shape index (κ3) is 4.04. The fourth-order valence-electron chi connectivity index (χ4n) is 7.04. The summed E-state index contributed by atoms with van der Waals surface area (Å²) < 4.78 is 15.4. The number of carbonyl (C=O) groups is 4. The number of anilines is 1. The summed E-state index contributed by atoms with van der Waals surface area (Å²) in [5.41, 5.74) is 1.81. The quantitative estimate of drug-likeness (QED) is 0.260. The number of phenolic OH excluding ortho intramolecular Hbond substituents is 1. The molecule has 1 fully saturated rings. The monoisotopic (exact) mass is 556 g/mol. The van der Waals surface area contributed by atoms with Gasteiger partial charge in [0.25, 0.3) is 5.91 Å². The second-order valence-corrected chi connectivity index (χ2v) is 11.4. The van der Waals surface area contributed by atoms with E-state index in [9.17, 15) is 34.5 Å². The number of hydrogen-bond donors (Lipinski definition) is 5. The molecule has 3 aliphatic carbocycles. The number of fused-ring (bicyclic) bond motifs is 3. The van der Waals surface area contributed by atoms with Crippen molar-refractivity contribution in [2.24, 2.45) is 17.6 Å². The average molecular weight is 557 g/mol. The molecule has 0 aromatic heterocycles. The van der Waals surface area contributed by atoms with E-state index < -0.39 is 69.8 Å². The third-order valence-corrected chi connectivity index (χ3v) is 8.87. The minimum absolute atomic E-state index is 0.00751. The van der Waals surface area contributed by atoms with E-state index in [1.807, 2.05) is 4.90 Å². The molecule has 0 spiro atoms. The minimum atomic E-state index is -2.28. The Balaban J connectivity index is 1.60. The van der Waals surface area contributed by atoms with Gasteiger partial charge < -0.3 is 26.4 Å². The smallest absolute Gasteiger partial charge is 0.255 e. The molecule has 12 heteroatoms. The predicted octanol–water partition coefficient (Wildman–Crippen LogP) is 0.798. The molecule has 6 N–H and O–H groups in total. The van der Waals surface area contributed by atoms with Crippen molar-refractivity contribution in [1.82, 2.24) is 9.80 Å². The Morgan fingerprint density at radius 1 is 1.23 bits per heavy atom. The Morgan fingerprint density at radius 3 is 2.48 bits per heavy atom. The van der Waals surface area contributed by atoms with Crippen molar-refractivity contribution in [3.63, 3.8) is 0 Å². The van der Waals surface area contributed by atoms with Gasteiger partial charge in [-0.2, -0.15) is 0 Å². The fourth-order valence-corrected chi connectivity index (χ4v) is 7.04. The van der Waals surface area contributed by atoms with Crippen molar-refractivity contribution in [2.75, 3.05) is 39.0 Å². The third-order valence-electron chi connectivity index (χ3n) is 8.87. The van der Waals surface area contributed by atoms with Gasteiger partial charge in [0.15, 0.2) is 17.3 Å². The number of amides is 2. The molecule has 0 unspecified atom stereocenters. The van der Waals surface area contributed by atoms with E-state index in [0.29, 0.717) is 0 Å². The molecule has 1 heterocycles. The van der Waals surface area contributed by atoms with Gasteiger partial charge >= 0.3 is 0 Å². The summed E-state index contributed by atoms with van der Waals surface area (Å²) in [7, 11) is 3.16. The first-order valence-corrected chi connectivity index (χ1v) is 13.3. The molecule has 2 amide bonds. The number of nitrogens with zero attached hydrogens (tertiary/aromatic N) is 2. The zero-order valence-corrected chi connectivity index (χ0v) is 22.6. The number of phenols is 1. The minimum Gasteiger partial charge on any atom is -0.508 e. The molecule has 5 rings (SSSR count). The molecule has 214 valence electrons. The van der Waals surface area contributed by atoms with Gasteiger partial charge in [-0.3, -0.25) is 29.0 Å². The first kappa shape index (κ1) is 27.9. The molecule has 11 nitrogen and oxygen atoms in total. The number of halogens is 1. The number of aromatic hydroxyl groups is 1. The molecular weight excluding hydrogens is 523 g/mol. The lowest BCUT2D eigenvalue weighted by Crippen LogP contribution is -2.62. The number of nitrogens with two attached hydrogens (primary N) is 1. The summed E-state index contributed by atoms with van der Waals surface area (Å²) in [6.07, 6.45) is 1.92. The summed E-state index contributed by atoms with van der Waals surface area (Å²) in [5, 5.41) is 36.5. The Hall–Kier alpha value is -3.61. The number of aliphatic hydroxyl groups excluding tert-OH is 1. The molecule has 0 bridgehead atoms. The number of likely N-dealkylation sites (N-methyl/N-ethyl adjacent to an activating group) is 1. The molecule has 0 radical (unpaired) electrons. The molecule has 4 atom stereocenters. The maximum atomic E-state index is 15.4. The van der Waals surface area contributed by atoms with Gasteiger partial charge in [0.1, 0.15) is 22.8 Å². The molecule has 1 saturated heterocycles. The number of rotatable bonds is 5. The van der Waals surface area contributed by atoms with Crippen molar-refractivity contribution in [1.29, 1.82) is 0 Å². The molecular formula is C28H33FN4O7. The topological polar surface area (TPSA) is 173 Å². The molecule has 0 saturated carbocycles. The van der Waals surface area contributed by atoms with Gasteiger partial charge in [0, 0.05) is 23.1 Å². The summed E-state index contributed by atoms with van der Waals surface area (Å²) in [6.45, 7) is 2.98. The largest absolute Gasteiger partial charge is 0.508 e. The van der Waals surface area contributed by atoms with Crippen LogP contribution in [0.4, 0.5) is 10.1 Å². The lowest BCUT2D eigenvalue weighted by molar-refractivity contribution is -0.134. The second-order valence-electron chi connectivity index (χ2n) is 11.4. The average Bonchev–Trinajstić information content (AvgIpc) is 3.37. The van der Waals surface area contributed by atoms with Crippen LogP contribution in [-0.4, -0.2) is 93.9 Å². The number of likely N-dealkylation sites (tertiary alicyclic amines) is 1. The van der Waals surface area contributed by atoms with Crippen molar-refractivity contribution >= 4 is 29.1 Å². The van der Waals surface area contributed by atoms with E-state index in [-0.39, 0.29) is 47.3 Å². The Morgan fingerprint density at radius 2 is 1.88 bits per heavy atom. The van der Waals surface area contributed by atoms with E-state index in [1.165, 1.54) is 11.8 Å². The highest BCUT2D eigenvalue weighted by Gasteiger charge is 2.60. The fraction of sp³-hybridized carbons (Fsp3) is 0.500. The van der Waals surface area contributed by atoms with E-state index in [1.54, 1.807) is 14.1 Å². The Labute approximate surface area is 230 Å². The number of Topliss-reactive ketones (excluding diaryl/α,β-unsaturated/α-hetero) is 2. The number of primary amides is 1. The second kappa shape index (κ2) is 9.79. The predicted molar refractivity (Wildman–Crippen MR) is 141 cm³/mol. The van der Waals surface area contributed by atoms with Gasteiger partial charge in [0.2, 0.25) is 5.91 Å². The number of aliphatic hydroxyl groups is 2. The van der Waals surface area contributed by atoms with Crippen LogP contribution in [0.1, 0.15) is 42.1 Å². The number of carbonyl (C=O) groups excluding carboxylic acids is 4. The lowest BCUT2D eigenvalue weighted by atomic mass is 9.57. The molecule has 4 aliphatic rings. The van der Waals surface area contributed by atoms with Crippen molar-refractivity contribution in [3.05, 3.63) is 45.5 Å². The van der Waals surface area contributed by atoms with E-state index in [0.717, 1.165) is 32.0 Å². The molecule has 1 aromatic rings. The van der Waals surface area contributed by atoms with Gasteiger partial charge in [-0.05, 0) is 71.3 Å². The van der Waals surface area contributed by atoms with Crippen LogP contribution in [0.15, 0.2) is 28.5 Å². The summed E-state index contributed by atoms with van der Waals surface area (Å²) in [5.74, 6) is -7.10. The maximum absolute atomic E-state index is 15.4. The molecule has 1 aromatic carbocycles. The Bertz CT molecular complexity index is 1410. The number of ketones is 2.